The second kappa shape index (κ2) is 17.7. The molecule has 4 aliphatic heterocycles. The number of halogens is 2. The van der Waals surface area contributed by atoms with Gasteiger partial charge in [-0.1, -0.05) is 12.1 Å². The fourth-order valence-corrected chi connectivity index (χ4v) is 11.9. The number of hydrogen-bond donors (Lipinski definition) is 3. The number of piperidine rings is 3. The summed E-state index contributed by atoms with van der Waals surface area (Å²) in [5.74, 6) is 1.09. The summed E-state index contributed by atoms with van der Waals surface area (Å²) in [6.45, 7) is 14.6. The predicted molar refractivity (Wildman–Crippen MR) is 256 cm³/mol. The lowest BCUT2D eigenvalue weighted by Gasteiger charge is -2.49. The van der Waals surface area contributed by atoms with Gasteiger partial charge < -0.3 is 34.6 Å². The summed E-state index contributed by atoms with van der Waals surface area (Å²) in [7, 11) is -1.23. The van der Waals surface area contributed by atoms with E-state index in [1.165, 1.54) is 43.1 Å². The molecule has 0 radical (unpaired) electrons. The minimum absolute atomic E-state index is 0.180. The molecule has 4 saturated heterocycles. The number of amides is 2. The van der Waals surface area contributed by atoms with Gasteiger partial charge in [0.15, 0.2) is 0 Å². The van der Waals surface area contributed by atoms with Gasteiger partial charge in [-0.05, 0) is 141 Å². The number of carbonyl (C=O) groups is 2. The van der Waals surface area contributed by atoms with Gasteiger partial charge in [0.05, 0.1) is 40.1 Å². The van der Waals surface area contributed by atoms with Crippen LogP contribution in [0.2, 0.25) is 0 Å². The van der Waals surface area contributed by atoms with E-state index >= 15 is 0 Å². The number of rotatable bonds is 11. The van der Waals surface area contributed by atoms with Gasteiger partial charge in [0.1, 0.15) is 24.5 Å². The van der Waals surface area contributed by atoms with E-state index in [2.05, 4.69) is 87.7 Å². The molecule has 4 aliphatic rings. The van der Waals surface area contributed by atoms with Crippen LogP contribution in [-0.4, -0.2) is 97.9 Å². The minimum atomic E-state index is -2.90. The third-order valence-electron chi connectivity index (χ3n) is 13.9. The first-order valence-corrected chi connectivity index (χ1v) is 25.6. The highest BCUT2D eigenvalue weighted by atomic mass is 79.9. The Morgan fingerprint density at radius 2 is 1.64 bits per heavy atom. The summed E-state index contributed by atoms with van der Waals surface area (Å²) < 4.78 is 34.9. The molecule has 13 nitrogen and oxygen atoms in total. The molecule has 2 aromatic heterocycles. The van der Waals surface area contributed by atoms with E-state index in [1.807, 2.05) is 12.1 Å². The smallest absolute Gasteiger partial charge is 0.234 e. The lowest BCUT2D eigenvalue weighted by molar-refractivity contribution is -0.134. The second-order valence-electron chi connectivity index (χ2n) is 18.6. The maximum Gasteiger partial charge on any atom is 0.234 e. The van der Waals surface area contributed by atoms with Crippen molar-refractivity contribution >= 4 is 85.6 Å². The standard InChI is InChI=1S/C48H56BrFN9O4P/c1-29-22-40(54-47-51-25-36(49)45(56-47)53-39-12-11-38-35(44(39)64(4,5)62)23-37(50)30(2)52-38)42(63-3)24-41(29)58-20-16-48(17-21-58)14-18-57(19-15-48)26-31-27-59(28-31)33-8-6-32(7-9-33)34-10-13-43(60)55-46(34)61/h6-9,11-12,22-25,31,34H,10,13-21,26-28H2,1-5H3,(H,55,60,61)(H2,51,53,54,56). The molecule has 5 aromatic rings. The number of methoxy groups -OCH3 is 1. The summed E-state index contributed by atoms with van der Waals surface area (Å²) in [5, 5.41) is 10.2. The second-order valence-corrected chi connectivity index (χ2v) is 22.6. The highest BCUT2D eigenvalue weighted by molar-refractivity contribution is 9.10. The third-order valence-corrected chi connectivity index (χ3v) is 16.0. The van der Waals surface area contributed by atoms with Gasteiger partial charge in [-0.15, -0.1) is 0 Å². The van der Waals surface area contributed by atoms with Crippen molar-refractivity contribution in [2.45, 2.75) is 58.3 Å². The van der Waals surface area contributed by atoms with Crippen molar-refractivity contribution in [2.24, 2.45) is 11.3 Å². The van der Waals surface area contributed by atoms with E-state index in [1.54, 1.807) is 45.7 Å². The number of nitrogens with one attached hydrogen (secondary N) is 3. The van der Waals surface area contributed by atoms with Crippen molar-refractivity contribution in [2.75, 3.05) is 86.7 Å². The van der Waals surface area contributed by atoms with Crippen LogP contribution in [-0.2, 0) is 14.2 Å². The number of hydrogen-bond acceptors (Lipinski definition) is 12. The zero-order chi connectivity index (χ0) is 44.9. The Labute approximate surface area is 382 Å². The van der Waals surface area contributed by atoms with Gasteiger partial charge >= 0.3 is 0 Å². The maximum atomic E-state index is 14.7. The molecule has 1 atom stereocenters. The lowest BCUT2D eigenvalue weighted by Crippen LogP contribution is -2.54. The van der Waals surface area contributed by atoms with Crippen molar-refractivity contribution in [3.63, 3.8) is 0 Å². The summed E-state index contributed by atoms with van der Waals surface area (Å²) in [6, 6.07) is 17.5. The number of aryl methyl sites for hydroxylation is 2. The molecule has 0 aliphatic carbocycles. The number of likely N-dealkylation sites (tertiary alicyclic amines) is 1. The summed E-state index contributed by atoms with van der Waals surface area (Å²) in [6.07, 6.45) is 7.44. The summed E-state index contributed by atoms with van der Waals surface area (Å²) in [5.41, 5.74) is 7.02. The molecule has 2 amide bonds. The predicted octanol–water partition coefficient (Wildman–Crippen LogP) is 8.63. The number of benzene rings is 3. The summed E-state index contributed by atoms with van der Waals surface area (Å²) in [4.78, 5) is 45.2. The molecule has 3 N–H and O–H groups in total. The first-order valence-electron chi connectivity index (χ1n) is 22.2. The fourth-order valence-electron chi connectivity index (χ4n) is 10.2. The van der Waals surface area contributed by atoms with E-state index in [4.69, 9.17) is 9.72 Å². The highest BCUT2D eigenvalue weighted by Gasteiger charge is 2.39. The largest absolute Gasteiger partial charge is 0.494 e. The number of imide groups is 1. The molecule has 1 unspecified atom stereocenters. The first kappa shape index (κ1) is 44.1. The number of aromatic nitrogens is 3. The Morgan fingerprint density at radius 3 is 2.33 bits per heavy atom. The van der Waals surface area contributed by atoms with Gasteiger partial charge in [0.2, 0.25) is 17.8 Å². The van der Waals surface area contributed by atoms with Gasteiger partial charge in [0.25, 0.3) is 0 Å². The van der Waals surface area contributed by atoms with E-state index in [0.717, 1.165) is 62.6 Å². The zero-order valence-electron chi connectivity index (χ0n) is 37.1. The monoisotopic (exact) mass is 951 g/mol. The molecule has 9 rings (SSSR count). The molecule has 3 aromatic carbocycles. The SMILES string of the molecule is COc1cc(N2CCC3(CCN(CC4CN(c5ccc(C6CCC(=O)NC6=O)cc5)C4)CC3)CC2)c(C)cc1Nc1ncc(Br)c(Nc2ccc3nc(C)c(F)cc3c2P(C)(C)=O)n1. The van der Waals surface area contributed by atoms with E-state index in [9.17, 15) is 18.5 Å². The van der Waals surface area contributed by atoms with Gasteiger partial charge in [0, 0.05) is 79.4 Å². The highest BCUT2D eigenvalue weighted by Crippen LogP contribution is 2.45. The van der Waals surface area contributed by atoms with E-state index < -0.39 is 13.0 Å². The van der Waals surface area contributed by atoms with Crippen molar-refractivity contribution in [3.8, 4) is 5.75 Å². The van der Waals surface area contributed by atoms with Crippen LogP contribution in [0.4, 0.5) is 38.9 Å². The van der Waals surface area contributed by atoms with Crippen LogP contribution in [0.15, 0.2) is 65.3 Å². The lowest BCUT2D eigenvalue weighted by atomic mass is 9.71. The topological polar surface area (TPSA) is 145 Å². The quantitative estimate of drug-likeness (QED) is 0.0862. The van der Waals surface area contributed by atoms with Crippen LogP contribution in [0, 0.1) is 31.0 Å². The van der Waals surface area contributed by atoms with Crippen LogP contribution < -0.4 is 35.8 Å². The number of ether oxygens (including phenoxy) is 1. The number of fused-ring (bicyclic) bond motifs is 1. The molecule has 336 valence electrons. The first-order chi connectivity index (χ1) is 30.6. The Hall–Kier alpha value is -5.11. The molecule has 1 spiro atoms. The van der Waals surface area contributed by atoms with Crippen LogP contribution in [0.5, 0.6) is 5.75 Å². The Morgan fingerprint density at radius 1 is 0.922 bits per heavy atom. The molecule has 0 saturated carbocycles. The molecule has 16 heteroatoms. The van der Waals surface area contributed by atoms with Crippen molar-refractivity contribution in [1.29, 1.82) is 0 Å². The van der Waals surface area contributed by atoms with Gasteiger partial charge in [-0.2, -0.15) is 4.98 Å². The average Bonchev–Trinajstić information content (AvgIpc) is 3.25. The maximum absolute atomic E-state index is 14.7. The average molecular weight is 953 g/mol. The fraction of sp³-hybridized carbons (Fsp3) is 0.438. The molecular weight excluding hydrogens is 896 g/mol. The number of nitrogens with zero attached hydrogens (tertiary/aromatic N) is 6. The number of pyridine rings is 1. The number of carbonyl (C=O) groups excluding carboxylic acids is 2. The van der Waals surface area contributed by atoms with Gasteiger partial charge in [-0.3, -0.25) is 19.9 Å². The van der Waals surface area contributed by atoms with Crippen LogP contribution in [0.1, 0.15) is 61.3 Å². The van der Waals surface area contributed by atoms with Crippen molar-refractivity contribution in [3.05, 3.63) is 87.9 Å². The molecule has 4 fully saturated rings. The molecular formula is C48H56BrFN9O4P. The van der Waals surface area contributed by atoms with Crippen LogP contribution >= 0.6 is 23.1 Å². The Balaban J connectivity index is 0.786. The van der Waals surface area contributed by atoms with Crippen molar-refractivity contribution in [1.82, 2.24) is 25.2 Å². The molecule has 64 heavy (non-hydrogen) atoms. The van der Waals surface area contributed by atoms with Crippen LogP contribution in [0.25, 0.3) is 10.9 Å². The van der Waals surface area contributed by atoms with Gasteiger partial charge in [-0.25, -0.2) is 9.37 Å². The normalized spacial score (nSPS) is 19.5. The van der Waals surface area contributed by atoms with Crippen LogP contribution in [0.3, 0.4) is 0 Å². The van der Waals surface area contributed by atoms with Crippen molar-refractivity contribution < 1.29 is 23.3 Å². The number of anilines is 6. The summed E-state index contributed by atoms with van der Waals surface area (Å²) >= 11 is 3.57. The molecule has 0 bridgehead atoms. The zero-order valence-corrected chi connectivity index (χ0v) is 39.6. The Kier molecular flexibility index (Phi) is 12.2. The Bertz CT molecular complexity index is 2660. The molecule has 6 heterocycles. The third kappa shape index (κ3) is 9.08. The minimum Gasteiger partial charge on any atom is -0.494 e. The van der Waals surface area contributed by atoms with E-state index in [0.29, 0.717) is 68.1 Å². The van der Waals surface area contributed by atoms with E-state index in [-0.39, 0.29) is 23.4 Å².